The topological polar surface area (TPSA) is 50.5 Å². The molecule has 1 fully saturated rings. The highest BCUT2D eigenvalue weighted by atomic mass is 16.5. The predicted molar refractivity (Wildman–Crippen MR) is 89.4 cm³/mol. The molecule has 1 N–H and O–H groups in total. The third-order valence-electron chi connectivity index (χ3n) is 4.44. The van der Waals surface area contributed by atoms with Gasteiger partial charge in [0.2, 0.25) is 0 Å². The van der Waals surface area contributed by atoms with Crippen molar-refractivity contribution in [2.24, 2.45) is 7.05 Å². The maximum absolute atomic E-state index is 10.3. The quantitative estimate of drug-likeness (QED) is 0.889. The van der Waals surface area contributed by atoms with Crippen LogP contribution in [0.4, 0.5) is 0 Å². The Morgan fingerprint density at radius 3 is 2.96 bits per heavy atom. The van der Waals surface area contributed by atoms with E-state index >= 15 is 0 Å². The SMILES string of the molecule is Cc1ccccc1OC[C@H](O)CN1CCC[C@H]1c1cnn(C)c1. The molecule has 0 spiro atoms. The first-order chi connectivity index (χ1) is 11.1. The average molecular weight is 315 g/mol. The number of hydrogen-bond donors (Lipinski definition) is 1. The summed E-state index contributed by atoms with van der Waals surface area (Å²) in [5.41, 5.74) is 2.33. The standard InChI is InChI=1S/C18H25N3O2/c1-14-6-3-4-8-18(14)23-13-16(22)12-21-9-5-7-17(21)15-10-19-20(2)11-15/h3-4,6,8,10-11,16-17,22H,5,7,9,12-13H2,1-2H3/t16-,17+/m1/s1. The molecule has 2 atom stereocenters. The van der Waals surface area contributed by atoms with Gasteiger partial charge in [-0.15, -0.1) is 0 Å². The Morgan fingerprint density at radius 1 is 1.39 bits per heavy atom. The van der Waals surface area contributed by atoms with E-state index in [4.69, 9.17) is 4.74 Å². The van der Waals surface area contributed by atoms with E-state index in [1.165, 1.54) is 5.56 Å². The second-order valence-electron chi connectivity index (χ2n) is 6.33. The average Bonchev–Trinajstić information content (AvgIpc) is 3.15. The Morgan fingerprint density at radius 2 is 2.22 bits per heavy atom. The Balaban J connectivity index is 1.54. The first-order valence-corrected chi connectivity index (χ1v) is 8.22. The van der Waals surface area contributed by atoms with Gasteiger partial charge in [-0.05, 0) is 37.9 Å². The summed E-state index contributed by atoms with van der Waals surface area (Å²) in [6.07, 6.45) is 5.78. The molecule has 1 aromatic carbocycles. The van der Waals surface area contributed by atoms with Gasteiger partial charge in [0.15, 0.2) is 0 Å². The molecule has 1 aliphatic rings. The Hall–Kier alpha value is -1.85. The largest absolute Gasteiger partial charge is 0.491 e. The smallest absolute Gasteiger partial charge is 0.122 e. The van der Waals surface area contributed by atoms with Crippen LogP contribution in [0.25, 0.3) is 0 Å². The number of ether oxygens (including phenoxy) is 1. The first-order valence-electron chi connectivity index (χ1n) is 8.22. The van der Waals surface area contributed by atoms with Crippen LogP contribution in [-0.2, 0) is 7.05 Å². The summed E-state index contributed by atoms with van der Waals surface area (Å²) in [6.45, 7) is 3.98. The van der Waals surface area contributed by atoms with E-state index in [1.807, 2.05) is 49.1 Å². The van der Waals surface area contributed by atoms with Gasteiger partial charge in [-0.25, -0.2) is 0 Å². The van der Waals surface area contributed by atoms with Crippen LogP contribution in [-0.4, -0.2) is 45.6 Å². The lowest BCUT2D eigenvalue weighted by Crippen LogP contribution is -2.35. The van der Waals surface area contributed by atoms with Crippen LogP contribution >= 0.6 is 0 Å². The fourth-order valence-corrected chi connectivity index (χ4v) is 3.26. The van der Waals surface area contributed by atoms with Crippen LogP contribution in [0.2, 0.25) is 0 Å². The summed E-state index contributed by atoms with van der Waals surface area (Å²) in [5.74, 6) is 0.844. The second kappa shape index (κ2) is 7.15. The molecule has 0 aliphatic carbocycles. The number of likely N-dealkylation sites (tertiary alicyclic amines) is 1. The van der Waals surface area contributed by atoms with E-state index < -0.39 is 6.10 Å². The van der Waals surface area contributed by atoms with Gasteiger partial charge in [-0.2, -0.15) is 5.10 Å². The van der Waals surface area contributed by atoms with E-state index in [0.717, 1.165) is 30.7 Å². The van der Waals surface area contributed by atoms with E-state index in [1.54, 1.807) is 0 Å². The molecule has 1 aromatic heterocycles. The van der Waals surface area contributed by atoms with Crippen molar-refractivity contribution in [3.8, 4) is 5.75 Å². The zero-order chi connectivity index (χ0) is 16.2. The molecular formula is C18H25N3O2. The van der Waals surface area contributed by atoms with Gasteiger partial charge in [0.1, 0.15) is 18.5 Å². The maximum atomic E-state index is 10.3. The predicted octanol–water partition coefficient (Wildman–Crippen LogP) is 2.31. The van der Waals surface area contributed by atoms with Crippen molar-refractivity contribution in [2.75, 3.05) is 19.7 Å². The summed E-state index contributed by atoms with van der Waals surface area (Å²) < 4.78 is 7.60. The molecule has 124 valence electrons. The number of para-hydroxylation sites is 1. The van der Waals surface area contributed by atoms with Crippen molar-refractivity contribution in [1.82, 2.24) is 14.7 Å². The highest BCUT2D eigenvalue weighted by Gasteiger charge is 2.28. The summed E-state index contributed by atoms with van der Waals surface area (Å²) in [7, 11) is 1.94. The van der Waals surface area contributed by atoms with Gasteiger partial charge in [0.25, 0.3) is 0 Å². The Kier molecular flexibility index (Phi) is 4.98. The molecule has 2 heterocycles. The molecule has 0 amide bonds. The lowest BCUT2D eigenvalue weighted by Gasteiger charge is -2.26. The Bertz CT molecular complexity index is 641. The molecule has 3 rings (SSSR count). The van der Waals surface area contributed by atoms with Crippen molar-refractivity contribution in [1.29, 1.82) is 0 Å². The number of nitrogens with zero attached hydrogens (tertiary/aromatic N) is 3. The van der Waals surface area contributed by atoms with Gasteiger partial charge in [-0.1, -0.05) is 18.2 Å². The summed E-state index contributed by atoms with van der Waals surface area (Å²) >= 11 is 0. The first kappa shape index (κ1) is 16.0. The number of aliphatic hydroxyl groups excluding tert-OH is 1. The fourth-order valence-electron chi connectivity index (χ4n) is 3.26. The van der Waals surface area contributed by atoms with Crippen LogP contribution in [0.5, 0.6) is 5.75 Å². The highest BCUT2D eigenvalue weighted by molar-refractivity contribution is 5.31. The number of rotatable bonds is 6. The molecular weight excluding hydrogens is 290 g/mol. The lowest BCUT2D eigenvalue weighted by molar-refractivity contribution is 0.0636. The fraction of sp³-hybridized carbons (Fsp3) is 0.500. The Labute approximate surface area is 137 Å². The van der Waals surface area contributed by atoms with Gasteiger partial charge in [0, 0.05) is 31.4 Å². The van der Waals surface area contributed by atoms with Crippen LogP contribution in [0.3, 0.4) is 0 Å². The van der Waals surface area contributed by atoms with Gasteiger partial charge >= 0.3 is 0 Å². The number of benzene rings is 1. The van der Waals surface area contributed by atoms with Crippen LogP contribution < -0.4 is 4.74 Å². The van der Waals surface area contributed by atoms with E-state index in [9.17, 15) is 5.11 Å². The maximum Gasteiger partial charge on any atom is 0.122 e. The number of hydrogen-bond acceptors (Lipinski definition) is 4. The minimum absolute atomic E-state index is 0.321. The third-order valence-corrected chi connectivity index (χ3v) is 4.44. The van der Waals surface area contributed by atoms with Crippen molar-refractivity contribution in [3.05, 3.63) is 47.8 Å². The van der Waals surface area contributed by atoms with Crippen LogP contribution in [0, 0.1) is 6.92 Å². The number of aryl methyl sites for hydroxylation is 2. The van der Waals surface area contributed by atoms with Gasteiger partial charge < -0.3 is 9.84 Å². The van der Waals surface area contributed by atoms with Crippen molar-refractivity contribution >= 4 is 0 Å². The van der Waals surface area contributed by atoms with Crippen LogP contribution in [0.15, 0.2) is 36.7 Å². The molecule has 0 saturated carbocycles. The minimum atomic E-state index is -0.494. The third kappa shape index (κ3) is 3.92. The van der Waals surface area contributed by atoms with Crippen LogP contribution in [0.1, 0.15) is 30.0 Å². The molecule has 0 radical (unpaired) electrons. The molecule has 5 heteroatoms. The zero-order valence-electron chi connectivity index (χ0n) is 13.9. The molecule has 0 bridgehead atoms. The van der Waals surface area contributed by atoms with Gasteiger partial charge in [-0.3, -0.25) is 9.58 Å². The van der Waals surface area contributed by atoms with E-state index in [0.29, 0.717) is 19.2 Å². The van der Waals surface area contributed by atoms with Gasteiger partial charge in [0.05, 0.1) is 6.20 Å². The second-order valence-corrected chi connectivity index (χ2v) is 6.33. The van der Waals surface area contributed by atoms with Crippen molar-refractivity contribution < 1.29 is 9.84 Å². The van der Waals surface area contributed by atoms with Crippen molar-refractivity contribution in [3.63, 3.8) is 0 Å². The normalized spacial score (nSPS) is 19.9. The molecule has 5 nitrogen and oxygen atoms in total. The molecule has 2 aromatic rings. The van der Waals surface area contributed by atoms with Crippen molar-refractivity contribution in [2.45, 2.75) is 31.9 Å². The molecule has 23 heavy (non-hydrogen) atoms. The summed E-state index contributed by atoms with van der Waals surface area (Å²) in [4.78, 5) is 2.34. The number of aromatic nitrogens is 2. The minimum Gasteiger partial charge on any atom is -0.491 e. The molecule has 0 unspecified atom stereocenters. The van der Waals surface area contributed by atoms with E-state index in [-0.39, 0.29) is 0 Å². The monoisotopic (exact) mass is 315 g/mol. The zero-order valence-corrected chi connectivity index (χ0v) is 13.9. The summed E-state index contributed by atoms with van der Waals surface area (Å²) in [6, 6.07) is 8.25. The molecule has 1 aliphatic heterocycles. The number of aliphatic hydroxyl groups is 1. The lowest BCUT2D eigenvalue weighted by atomic mass is 10.1. The van der Waals surface area contributed by atoms with E-state index in [2.05, 4.69) is 16.2 Å². The number of β-amino-alcohol motifs (C(OH)–C–C–N with tert-alkyl or cyclic N) is 1. The highest BCUT2D eigenvalue weighted by Crippen LogP contribution is 2.31. The summed E-state index contributed by atoms with van der Waals surface area (Å²) in [5, 5.41) is 14.6. The molecule has 1 saturated heterocycles.